The Bertz CT molecular complexity index is 852. The van der Waals surface area contributed by atoms with Crippen molar-refractivity contribution in [1.29, 1.82) is 0 Å². The van der Waals surface area contributed by atoms with Crippen molar-refractivity contribution in [3.63, 3.8) is 0 Å². The van der Waals surface area contributed by atoms with Crippen LogP contribution >= 0.6 is 0 Å². The van der Waals surface area contributed by atoms with Gasteiger partial charge >= 0.3 is 12.0 Å². The lowest BCUT2D eigenvalue weighted by molar-refractivity contribution is -0.153. The van der Waals surface area contributed by atoms with Crippen molar-refractivity contribution >= 4 is 23.6 Å². The summed E-state index contributed by atoms with van der Waals surface area (Å²) in [6, 6.07) is 13.3. The van der Waals surface area contributed by atoms with Crippen LogP contribution in [0.25, 0.3) is 0 Å². The molecule has 0 aliphatic heterocycles. The Hall–Kier alpha value is -3.35. The van der Waals surface area contributed by atoms with E-state index in [-0.39, 0.29) is 6.42 Å². The first-order valence-corrected chi connectivity index (χ1v) is 8.94. The van der Waals surface area contributed by atoms with Crippen molar-refractivity contribution < 1.29 is 19.1 Å². The lowest BCUT2D eigenvalue weighted by Gasteiger charge is -2.19. The van der Waals surface area contributed by atoms with Crippen molar-refractivity contribution in [3.05, 3.63) is 65.2 Å². The van der Waals surface area contributed by atoms with Crippen LogP contribution < -0.4 is 16.4 Å². The van der Waals surface area contributed by atoms with Crippen LogP contribution in [0.15, 0.2) is 48.5 Å². The highest BCUT2D eigenvalue weighted by Crippen LogP contribution is 2.19. The minimum absolute atomic E-state index is 0.145. The maximum Gasteiger partial charge on any atom is 0.312 e. The fourth-order valence-electron chi connectivity index (χ4n) is 2.68. The van der Waals surface area contributed by atoms with Crippen LogP contribution in [0.2, 0.25) is 0 Å². The van der Waals surface area contributed by atoms with Gasteiger partial charge in [-0.2, -0.15) is 0 Å². The number of carbonyl (C=O) groups excluding carboxylic acids is 3. The molecule has 148 valence electrons. The van der Waals surface area contributed by atoms with Crippen LogP contribution in [-0.4, -0.2) is 24.0 Å². The van der Waals surface area contributed by atoms with Crippen molar-refractivity contribution in [1.82, 2.24) is 5.32 Å². The van der Waals surface area contributed by atoms with E-state index in [0.717, 1.165) is 11.1 Å². The predicted octanol–water partition coefficient (Wildman–Crippen LogP) is 2.97. The summed E-state index contributed by atoms with van der Waals surface area (Å²) in [4.78, 5) is 35.9. The number of ether oxygens (including phenoxy) is 1. The number of hydrogen-bond donors (Lipinski definition) is 3. The second-order valence-electron chi connectivity index (χ2n) is 6.62. The van der Waals surface area contributed by atoms with Gasteiger partial charge in [-0.25, -0.2) is 4.79 Å². The quantitative estimate of drug-likeness (QED) is 0.638. The Kier molecular flexibility index (Phi) is 7.14. The number of anilines is 1. The average Bonchev–Trinajstić information content (AvgIpc) is 2.64. The molecule has 0 saturated carbocycles. The minimum atomic E-state index is -0.989. The minimum Gasteiger partial charge on any atom is -0.452 e. The first-order chi connectivity index (χ1) is 13.3. The molecule has 0 saturated heterocycles. The van der Waals surface area contributed by atoms with Crippen molar-refractivity contribution in [2.24, 2.45) is 5.73 Å². The van der Waals surface area contributed by atoms with Crippen molar-refractivity contribution in [2.75, 3.05) is 5.32 Å². The Balaban J connectivity index is 1.98. The largest absolute Gasteiger partial charge is 0.452 e. The molecule has 7 heteroatoms. The molecule has 2 atom stereocenters. The molecule has 7 nitrogen and oxygen atoms in total. The molecule has 0 aromatic heterocycles. The van der Waals surface area contributed by atoms with Gasteiger partial charge in [0, 0.05) is 5.69 Å². The maximum absolute atomic E-state index is 12.4. The highest BCUT2D eigenvalue weighted by molar-refractivity contribution is 5.95. The SMILES string of the molecule is Cc1ccc(C)c(NC(=O)[C@H](C)OC(=O)C[C@@H](NC(N)=O)c2ccccc2)c1. The van der Waals surface area contributed by atoms with Crippen LogP contribution in [0.1, 0.15) is 36.1 Å². The smallest absolute Gasteiger partial charge is 0.312 e. The summed E-state index contributed by atoms with van der Waals surface area (Å²) in [6.07, 6.45) is -1.13. The molecule has 0 heterocycles. The number of urea groups is 1. The third-order valence-corrected chi connectivity index (χ3v) is 4.22. The summed E-state index contributed by atoms with van der Waals surface area (Å²) >= 11 is 0. The van der Waals surface area contributed by atoms with Gasteiger partial charge in [-0.1, -0.05) is 42.5 Å². The summed E-state index contributed by atoms with van der Waals surface area (Å²) in [5.41, 5.74) is 8.50. The molecule has 0 spiro atoms. The zero-order valence-electron chi connectivity index (χ0n) is 16.2. The Morgan fingerprint density at radius 2 is 1.75 bits per heavy atom. The highest BCUT2D eigenvalue weighted by Gasteiger charge is 2.23. The third kappa shape index (κ3) is 6.12. The molecule has 2 aromatic carbocycles. The van der Waals surface area contributed by atoms with Gasteiger partial charge in [-0.05, 0) is 43.5 Å². The second kappa shape index (κ2) is 9.55. The molecule has 28 heavy (non-hydrogen) atoms. The summed E-state index contributed by atoms with van der Waals surface area (Å²) < 4.78 is 5.24. The van der Waals surface area contributed by atoms with E-state index in [1.165, 1.54) is 6.92 Å². The number of amides is 3. The number of hydrogen-bond acceptors (Lipinski definition) is 4. The molecule has 0 unspecified atom stereocenters. The van der Waals surface area contributed by atoms with E-state index < -0.39 is 30.1 Å². The molecule has 4 N–H and O–H groups in total. The maximum atomic E-state index is 12.4. The van der Waals surface area contributed by atoms with Crippen LogP contribution in [0.5, 0.6) is 0 Å². The number of carbonyl (C=O) groups is 3. The van der Waals surface area contributed by atoms with Gasteiger partial charge in [0.2, 0.25) is 0 Å². The Labute approximate surface area is 164 Å². The van der Waals surface area contributed by atoms with E-state index in [1.807, 2.05) is 38.1 Å². The lowest BCUT2D eigenvalue weighted by Crippen LogP contribution is -2.36. The van der Waals surface area contributed by atoms with Gasteiger partial charge in [-0.15, -0.1) is 0 Å². The van der Waals surface area contributed by atoms with Crippen LogP contribution in [0, 0.1) is 13.8 Å². The molecule has 0 radical (unpaired) electrons. The molecule has 0 aliphatic carbocycles. The van der Waals surface area contributed by atoms with Crippen LogP contribution in [-0.2, 0) is 14.3 Å². The van der Waals surface area contributed by atoms with E-state index in [1.54, 1.807) is 24.3 Å². The average molecular weight is 383 g/mol. The molecule has 2 rings (SSSR count). The summed E-state index contributed by atoms with van der Waals surface area (Å²) in [6.45, 7) is 5.30. The fraction of sp³-hybridized carbons (Fsp3) is 0.286. The number of primary amides is 1. The molecule has 0 bridgehead atoms. The number of esters is 1. The van der Waals surface area contributed by atoms with E-state index in [4.69, 9.17) is 10.5 Å². The zero-order valence-corrected chi connectivity index (χ0v) is 16.2. The number of nitrogens with two attached hydrogens (primary N) is 1. The molecular formula is C21H25N3O4. The zero-order chi connectivity index (χ0) is 20.7. The number of benzene rings is 2. The van der Waals surface area contributed by atoms with E-state index in [9.17, 15) is 14.4 Å². The van der Waals surface area contributed by atoms with Gasteiger partial charge in [0.25, 0.3) is 5.91 Å². The molecule has 0 fully saturated rings. The highest BCUT2D eigenvalue weighted by atomic mass is 16.5. The van der Waals surface area contributed by atoms with Gasteiger partial charge in [0.15, 0.2) is 6.10 Å². The normalized spacial score (nSPS) is 12.5. The first-order valence-electron chi connectivity index (χ1n) is 8.94. The number of rotatable bonds is 7. The third-order valence-electron chi connectivity index (χ3n) is 4.22. The van der Waals surface area contributed by atoms with E-state index in [0.29, 0.717) is 11.3 Å². The first kappa shape index (κ1) is 21.0. The molecule has 3 amide bonds. The van der Waals surface area contributed by atoms with Gasteiger partial charge < -0.3 is 21.1 Å². The molecular weight excluding hydrogens is 358 g/mol. The number of nitrogens with one attached hydrogen (secondary N) is 2. The standard InChI is InChI=1S/C21H25N3O4/c1-13-9-10-14(2)17(11-13)23-20(26)15(3)28-19(25)12-18(24-21(22)27)16-7-5-4-6-8-16/h4-11,15,18H,12H2,1-3H3,(H,23,26)(H3,22,24,27)/t15-,18+/m0/s1. The van der Waals surface area contributed by atoms with Crippen LogP contribution in [0.3, 0.4) is 0 Å². The summed E-state index contributed by atoms with van der Waals surface area (Å²) in [5, 5.41) is 5.29. The van der Waals surface area contributed by atoms with Crippen molar-refractivity contribution in [2.45, 2.75) is 39.3 Å². The Morgan fingerprint density at radius 3 is 2.39 bits per heavy atom. The molecule has 2 aromatic rings. The van der Waals surface area contributed by atoms with Gasteiger partial charge in [-0.3, -0.25) is 9.59 Å². The predicted molar refractivity (Wildman–Crippen MR) is 107 cm³/mol. The molecule has 0 aliphatic rings. The van der Waals surface area contributed by atoms with E-state index >= 15 is 0 Å². The van der Waals surface area contributed by atoms with E-state index in [2.05, 4.69) is 10.6 Å². The Morgan fingerprint density at radius 1 is 1.07 bits per heavy atom. The van der Waals surface area contributed by atoms with Crippen molar-refractivity contribution in [3.8, 4) is 0 Å². The monoisotopic (exact) mass is 383 g/mol. The topological polar surface area (TPSA) is 111 Å². The van der Waals surface area contributed by atoms with Crippen LogP contribution in [0.4, 0.5) is 10.5 Å². The summed E-state index contributed by atoms with van der Waals surface area (Å²) in [5.74, 6) is -1.05. The summed E-state index contributed by atoms with van der Waals surface area (Å²) in [7, 11) is 0. The van der Waals surface area contributed by atoms with Gasteiger partial charge in [0.1, 0.15) is 0 Å². The number of aryl methyl sites for hydroxylation is 2. The van der Waals surface area contributed by atoms with Gasteiger partial charge in [0.05, 0.1) is 12.5 Å². The lowest BCUT2D eigenvalue weighted by atomic mass is 10.0. The second-order valence-corrected chi connectivity index (χ2v) is 6.62. The fourth-order valence-corrected chi connectivity index (χ4v) is 2.68.